The van der Waals surface area contributed by atoms with Crippen molar-refractivity contribution in [2.75, 3.05) is 57.8 Å². The summed E-state index contributed by atoms with van der Waals surface area (Å²) in [6, 6.07) is 11.2. The Kier molecular flexibility index (Phi) is 8.78. The number of carbonyl (C=O) groups excluding carboxylic acids is 1. The number of hydrogen-bond donors (Lipinski definition) is 1. The summed E-state index contributed by atoms with van der Waals surface area (Å²) in [6.07, 6.45) is 3.13. The van der Waals surface area contributed by atoms with Crippen molar-refractivity contribution < 1.29 is 23.7 Å². The minimum atomic E-state index is -0.281. The molecule has 1 amide bonds. The number of aromatic nitrogens is 1. The summed E-state index contributed by atoms with van der Waals surface area (Å²) < 4.78 is 21.6. The molecule has 2 aromatic carbocycles. The summed E-state index contributed by atoms with van der Waals surface area (Å²) in [5, 5.41) is 3.25. The maximum atomic E-state index is 12.9. The molecule has 0 spiro atoms. The normalized spacial score (nSPS) is 13.0. The van der Waals surface area contributed by atoms with E-state index in [4.69, 9.17) is 30.5 Å². The molecule has 35 heavy (non-hydrogen) atoms. The fourth-order valence-corrected chi connectivity index (χ4v) is 4.15. The minimum absolute atomic E-state index is 0. The fourth-order valence-electron chi connectivity index (χ4n) is 3.82. The number of anilines is 2. The van der Waals surface area contributed by atoms with E-state index >= 15 is 0 Å². The number of nitrogens with one attached hydrogen (secondary N) is 1. The van der Waals surface area contributed by atoms with Crippen LogP contribution in [0.1, 0.15) is 17.8 Å². The third-order valence-electron chi connectivity index (χ3n) is 5.58. The maximum absolute atomic E-state index is 12.9. The van der Waals surface area contributed by atoms with Crippen molar-refractivity contribution in [3.05, 3.63) is 59.4 Å². The Hall–Kier alpha value is -3.49. The fraction of sp³-hybridized carbons (Fsp3) is 0.308. The second kappa shape index (κ2) is 11.8. The van der Waals surface area contributed by atoms with Crippen molar-refractivity contribution in [1.82, 2.24) is 4.98 Å². The first kappa shape index (κ1) is 26.1. The molecular formula is C26H30ClN3O5. The Labute approximate surface area is 210 Å². The van der Waals surface area contributed by atoms with Gasteiger partial charge < -0.3 is 29.2 Å². The first-order valence-corrected chi connectivity index (χ1v) is 11.1. The topological polar surface area (TPSA) is 82.2 Å². The first-order valence-electron chi connectivity index (χ1n) is 10.7. The Morgan fingerprint density at radius 3 is 2.31 bits per heavy atom. The van der Waals surface area contributed by atoms with Gasteiger partial charge in [0.25, 0.3) is 5.91 Å². The number of nitrogens with zero attached hydrogens (tertiary/aromatic N) is 2. The van der Waals surface area contributed by atoms with E-state index in [-0.39, 0.29) is 13.3 Å². The van der Waals surface area contributed by atoms with Crippen LogP contribution in [-0.2, 0) is 4.74 Å². The molecule has 1 aliphatic heterocycles. The summed E-state index contributed by atoms with van der Waals surface area (Å²) >= 11 is 6.60. The minimum Gasteiger partial charge on any atom is -0.493 e. The number of pyridine rings is 1. The molecule has 8 nitrogen and oxygen atoms in total. The standard InChI is InChI=1S/C25H26ClN3O5.CH4/c1-31-21-13-20(22(26)24(33-3)23(21)32-2)16-12-17(15-27-14-16)25(30)28-18-4-6-19(7-5-18)29-8-10-34-11-9-29;/h4-7,12-15H,8-11H2,1-3H3,(H,28,30);1H4. The largest absolute Gasteiger partial charge is 0.493 e. The number of benzene rings is 2. The molecule has 0 radical (unpaired) electrons. The van der Waals surface area contributed by atoms with Gasteiger partial charge in [0.2, 0.25) is 5.75 Å². The lowest BCUT2D eigenvalue weighted by molar-refractivity contribution is 0.102. The Morgan fingerprint density at radius 2 is 1.69 bits per heavy atom. The molecule has 9 heteroatoms. The van der Waals surface area contributed by atoms with Crippen molar-refractivity contribution in [3.8, 4) is 28.4 Å². The molecule has 1 saturated heterocycles. The van der Waals surface area contributed by atoms with Crippen LogP contribution in [0.5, 0.6) is 17.2 Å². The van der Waals surface area contributed by atoms with Crippen LogP contribution < -0.4 is 24.4 Å². The van der Waals surface area contributed by atoms with E-state index in [1.54, 1.807) is 18.3 Å². The van der Waals surface area contributed by atoms with Crippen LogP contribution in [0.3, 0.4) is 0 Å². The molecule has 1 aliphatic rings. The monoisotopic (exact) mass is 499 g/mol. The maximum Gasteiger partial charge on any atom is 0.257 e. The van der Waals surface area contributed by atoms with Crippen LogP contribution in [0.25, 0.3) is 11.1 Å². The summed E-state index contributed by atoms with van der Waals surface area (Å²) in [4.78, 5) is 19.4. The van der Waals surface area contributed by atoms with Crippen molar-refractivity contribution in [3.63, 3.8) is 0 Å². The molecule has 0 atom stereocenters. The predicted octanol–water partition coefficient (Wildman–Crippen LogP) is 5.15. The zero-order valence-corrected chi connectivity index (χ0v) is 20.0. The average molecular weight is 500 g/mol. The molecule has 4 rings (SSSR count). The van der Waals surface area contributed by atoms with Gasteiger partial charge in [-0.1, -0.05) is 19.0 Å². The van der Waals surface area contributed by atoms with E-state index in [0.29, 0.717) is 44.6 Å². The highest BCUT2D eigenvalue weighted by atomic mass is 35.5. The number of amides is 1. The summed E-state index contributed by atoms with van der Waals surface area (Å²) in [5.41, 5.74) is 3.42. The van der Waals surface area contributed by atoms with Gasteiger partial charge in [0.15, 0.2) is 11.5 Å². The highest BCUT2D eigenvalue weighted by molar-refractivity contribution is 6.35. The van der Waals surface area contributed by atoms with E-state index < -0.39 is 0 Å². The van der Waals surface area contributed by atoms with Gasteiger partial charge in [-0.3, -0.25) is 9.78 Å². The van der Waals surface area contributed by atoms with Crippen LogP contribution >= 0.6 is 11.6 Å². The number of hydrogen-bond acceptors (Lipinski definition) is 7. The van der Waals surface area contributed by atoms with Crippen LogP contribution in [-0.4, -0.2) is 58.5 Å². The zero-order chi connectivity index (χ0) is 24.1. The highest BCUT2D eigenvalue weighted by Gasteiger charge is 2.21. The van der Waals surface area contributed by atoms with Gasteiger partial charge in [0.1, 0.15) is 0 Å². The van der Waals surface area contributed by atoms with Crippen molar-refractivity contribution in [2.24, 2.45) is 0 Å². The zero-order valence-electron chi connectivity index (χ0n) is 19.3. The third kappa shape index (κ3) is 5.61. The SMILES string of the molecule is C.COc1cc(-c2cncc(C(=O)Nc3ccc(N4CCOCC4)cc3)c2)c(Cl)c(OC)c1OC. The predicted molar refractivity (Wildman–Crippen MR) is 138 cm³/mol. The second-order valence-electron chi connectivity index (χ2n) is 7.57. The average Bonchev–Trinajstić information content (AvgIpc) is 2.89. The van der Waals surface area contributed by atoms with Crippen molar-refractivity contribution in [1.29, 1.82) is 0 Å². The van der Waals surface area contributed by atoms with Gasteiger partial charge in [-0.15, -0.1) is 0 Å². The summed E-state index contributed by atoms with van der Waals surface area (Å²) in [5.74, 6) is 0.904. The number of carbonyl (C=O) groups is 1. The highest BCUT2D eigenvalue weighted by Crippen LogP contribution is 2.47. The quantitative estimate of drug-likeness (QED) is 0.481. The Balaban J connectivity index is 0.00000342. The van der Waals surface area contributed by atoms with Crippen molar-refractivity contribution in [2.45, 2.75) is 7.43 Å². The molecule has 1 aromatic heterocycles. The third-order valence-corrected chi connectivity index (χ3v) is 5.96. The molecule has 186 valence electrons. The molecule has 1 fully saturated rings. The van der Waals surface area contributed by atoms with Crippen LogP contribution in [0.4, 0.5) is 11.4 Å². The van der Waals surface area contributed by atoms with Gasteiger partial charge >= 0.3 is 0 Å². The molecule has 0 unspecified atom stereocenters. The Bertz CT molecular complexity index is 1160. The Morgan fingerprint density at radius 1 is 1.00 bits per heavy atom. The molecule has 0 aliphatic carbocycles. The van der Waals surface area contributed by atoms with Crippen LogP contribution in [0, 0.1) is 0 Å². The van der Waals surface area contributed by atoms with Crippen molar-refractivity contribution >= 4 is 28.9 Å². The van der Waals surface area contributed by atoms with E-state index in [9.17, 15) is 4.79 Å². The molecule has 3 aromatic rings. The number of halogens is 1. The van der Waals surface area contributed by atoms with E-state index in [1.807, 2.05) is 24.3 Å². The molecule has 0 bridgehead atoms. The van der Waals surface area contributed by atoms with Gasteiger partial charge in [-0.2, -0.15) is 0 Å². The van der Waals surface area contributed by atoms with Crippen LogP contribution in [0.15, 0.2) is 48.8 Å². The van der Waals surface area contributed by atoms with Gasteiger partial charge in [0.05, 0.1) is 45.1 Å². The van der Waals surface area contributed by atoms with E-state index in [0.717, 1.165) is 32.0 Å². The number of ether oxygens (including phenoxy) is 4. The first-order chi connectivity index (χ1) is 16.5. The molecule has 0 saturated carbocycles. The lowest BCUT2D eigenvalue weighted by Gasteiger charge is -2.28. The number of methoxy groups -OCH3 is 3. The second-order valence-corrected chi connectivity index (χ2v) is 7.95. The lowest BCUT2D eigenvalue weighted by Crippen LogP contribution is -2.36. The van der Waals surface area contributed by atoms with E-state index in [2.05, 4.69) is 15.2 Å². The summed E-state index contributed by atoms with van der Waals surface area (Å²) in [6.45, 7) is 3.15. The van der Waals surface area contributed by atoms with E-state index in [1.165, 1.54) is 27.5 Å². The smallest absolute Gasteiger partial charge is 0.257 e. The van der Waals surface area contributed by atoms with Gasteiger partial charge in [-0.25, -0.2) is 0 Å². The lowest BCUT2D eigenvalue weighted by atomic mass is 10.0. The molecular weight excluding hydrogens is 470 g/mol. The van der Waals surface area contributed by atoms with Crippen LogP contribution in [0.2, 0.25) is 5.02 Å². The number of morpholine rings is 1. The van der Waals surface area contributed by atoms with Gasteiger partial charge in [0, 0.05) is 48.0 Å². The molecule has 1 N–H and O–H groups in total. The number of rotatable bonds is 7. The van der Waals surface area contributed by atoms with Gasteiger partial charge in [-0.05, 0) is 36.4 Å². The molecule has 2 heterocycles. The summed E-state index contributed by atoms with van der Waals surface area (Å²) in [7, 11) is 4.54.